The van der Waals surface area contributed by atoms with Gasteiger partial charge in [-0.25, -0.2) is 0 Å². The zero-order valence-electron chi connectivity index (χ0n) is 10.5. The first-order chi connectivity index (χ1) is 8.69. The lowest BCUT2D eigenvalue weighted by Crippen LogP contribution is -2.54. The zero-order chi connectivity index (χ0) is 12.6. The summed E-state index contributed by atoms with van der Waals surface area (Å²) in [6.45, 7) is 1.29. The van der Waals surface area contributed by atoms with Gasteiger partial charge in [0.05, 0.1) is 11.9 Å². The molecule has 2 aliphatic rings. The van der Waals surface area contributed by atoms with E-state index in [0.29, 0.717) is 25.3 Å². The molecule has 1 aromatic rings. The quantitative estimate of drug-likeness (QED) is 0.828. The Hall–Kier alpha value is -1.29. The molecule has 98 valence electrons. The maximum Gasteiger partial charge on any atom is 0.289 e. The monoisotopic (exact) mass is 249 g/mol. The number of aliphatic hydroxyl groups is 1. The Balaban J connectivity index is 1.72. The molecular weight excluding hydrogens is 230 g/mol. The SMILES string of the molecule is O=C(c1ccco1)N1CCC2(O)CCCCC2C1. The van der Waals surface area contributed by atoms with Crippen molar-refractivity contribution in [2.24, 2.45) is 5.92 Å². The molecule has 0 bridgehead atoms. The van der Waals surface area contributed by atoms with Crippen LogP contribution in [0.4, 0.5) is 0 Å². The van der Waals surface area contributed by atoms with E-state index in [2.05, 4.69) is 0 Å². The summed E-state index contributed by atoms with van der Waals surface area (Å²) in [5.74, 6) is 0.586. The molecule has 0 radical (unpaired) electrons. The van der Waals surface area contributed by atoms with Crippen molar-refractivity contribution in [1.82, 2.24) is 4.90 Å². The van der Waals surface area contributed by atoms with Crippen molar-refractivity contribution in [3.05, 3.63) is 24.2 Å². The van der Waals surface area contributed by atoms with Gasteiger partial charge < -0.3 is 14.4 Å². The van der Waals surface area contributed by atoms with Crippen LogP contribution < -0.4 is 0 Å². The van der Waals surface area contributed by atoms with Crippen molar-refractivity contribution in [3.63, 3.8) is 0 Å². The lowest BCUT2D eigenvalue weighted by molar-refractivity contribution is -0.0889. The van der Waals surface area contributed by atoms with E-state index in [1.54, 1.807) is 12.1 Å². The molecule has 2 heterocycles. The second-order valence-corrected chi connectivity index (χ2v) is 5.52. The van der Waals surface area contributed by atoms with Crippen LogP contribution in [0.1, 0.15) is 42.7 Å². The van der Waals surface area contributed by atoms with Crippen molar-refractivity contribution in [3.8, 4) is 0 Å². The Labute approximate surface area is 107 Å². The first-order valence-electron chi connectivity index (χ1n) is 6.74. The molecule has 18 heavy (non-hydrogen) atoms. The van der Waals surface area contributed by atoms with Crippen molar-refractivity contribution in [2.45, 2.75) is 37.7 Å². The number of nitrogens with zero attached hydrogens (tertiary/aromatic N) is 1. The standard InChI is InChI=1S/C14H19NO3/c16-13(12-5-3-9-18-12)15-8-7-14(17)6-2-1-4-11(14)10-15/h3,5,9,11,17H,1-2,4,6-8,10H2. The molecule has 4 heteroatoms. The summed E-state index contributed by atoms with van der Waals surface area (Å²) in [6, 6.07) is 3.43. The molecule has 0 aromatic carbocycles. The van der Waals surface area contributed by atoms with Gasteiger partial charge in [0.2, 0.25) is 0 Å². The highest BCUT2D eigenvalue weighted by Crippen LogP contribution is 2.39. The Bertz CT molecular complexity index is 428. The normalized spacial score (nSPS) is 32.1. The third kappa shape index (κ3) is 1.94. The maximum absolute atomic E-state index is 12.2. The van der Waals surface area contributed by atoms with E-state index in [1.165, 1.54) is 6.26 Å². The fourth-order valence-electron chi connectivity index (χ4n) is 3.31. The summed E-state index contributed by atoms with van der Waals surface area (Å²) >= 11 is 0. The number of rotatable bonds is 1. The molecule has 0 spiro atoms. The van der Waals surface area contributed by atoms with E-state index in [9.17, 15) is 9.90 Å². The Kier molecular flexibility index (Phi) is 2.90. The molecule has 1 saturated heterocycles. The predicted molar refractivity (Wildman–Crippen MR) is 66.1 cm³/mol. The summed E-state index contributed by atoms with van der Waals surface area (Å²) in [4.78, 5) is 14.0. The minimum atomic E-state index is -0.530. The van der Waals surface area contributed by atoms with Gasteiger partial charge in [0.1, 0.15) is 0 Å². The van der Waals surface area contributed by atoms with Crippen LogP contribution in [-0.2, 0) is 0 Å². The number of fused-ring (bicyclic) bond motifs is 1. The first-order valence-corrected chi connectivity index (χ1v) is 6.74. The molecule has 1 N–H and O–H groups in total. The van der Waals surface area contributed by atoms with Crippen LogP contribution in [0.15, 0.2) is 22.8 Å². The Morgan fingerprint density at radius 1 is 1.44 bits per heavy atom. The molecule has 2 fully saturated rings. The maximum atomic E-state index is 12.2. The molecule has 2 unspecified atom stereocenters. The number of furan rings is 1. The van der Waals surface area contributed by atoms with Crippen LogP contribution in [0.5, 0.6) is 0 Å². The summed E-state index contributed by atoms with van der Waals surface area (Å²) in [6.07, 6.45) is 6.41. The molecule has 1 aliphatic carbocycles. The highest BCUT2D eigenvalue weighted by molar-refractivity contribution is 5.91. The number of likely N-dealkylation sites (tertiary alicyclic amines) is 1. The summed E-state index contributed by atoms with van der Waals surface area (Å²) < 4.78 is 5.16. The number of carbonyl (C=O) groups is 1. The Morgan fingerprint density at radius 3 is 3.11 bits per heavy atom. The van der Waals surface area contributed by atoms with Gasteiger partial charge >= 0.3 is 0 Å². The minimum Gasteiger partial charge on any atom is -0.459 e. The van der Waals surface area contributed by atoms with Crippen LogP contribution in [0.25, 0.3) is 0 Å². The first kappa shape index (κ1) is 11.8. The lowest BCUT2D eigenvalue weighted by atomic mass is 9.71. The molecule has 1 aromatic heterocycles. The van der Waals surface area contributed by atoms with Crippen LogP contribution in [-0.4, -0.2) is 34.6 Å². The fraction of sp³-hybridized carbons (Fsp3) is 0.643. The molecule has 1 aliphatic heterocycles. The van der Waals surface area contributed by atoms with Crippen LogP contribution in [0, 0.1) is 5.92 Å². The number of amides is 1. The van der Waals surface area contributed by atoms with Gasteiger partial charge in [0, 0.05) is 19.0 Å². The number of piperidine rings is 1. The second-order valence-electron chi connectivity index (χ2n) is 5.52. The summed E-state index contributed by atoms with van der Waals surface area (Å²) in [7, 11) is 0. The predicted octanol–water partition coefficient (Wildman–Crippen LogP) is 2.05. The van der Waals surface area contributed by atoms with Crippen molar-refractivity contribution in [1.29, 1.82) is 0 Å². The van der Waals surface area contributed by atoms with E-state index in [1.807, 2.05) is 4.90 Å². The number of carbonyl (C=O) groups excluding carboxylic acids is 1. The summed E-state index contributed by atoms with van der Waals surface area (Å²) in [5.41, 5.74) is -0.530. The van der Waals surface area contributed by atoms with Gasteiger partial charge in [0.15, 0.2) is 5.76 Å². The van der Waals surface area contributed by atoms with E-state index in [0.717, 1.165) is 25.7 Å². The molecule has 1 amide bonds. The molecule has 1 saturated carbocycles. The fourth-order valence-corrected chi connectivity index (χ4v) is 3.31. The van der Waals surface area contributed by atoms with Gasteiger partial charge in [-0.2, -0.15) is 0 Å². The van der Waals surface area contributed by atoms with E-state index >= 15 is 0 Å². The lowest BCUT2D eigenvalue weighted by Gasteiger charge is -2.47. The highest BCUT2D eigenvalue weighted by Gasteiger charge is 2.44. The third-order valence-corrected chi connectivity index (χ3v) is 4.45. The number of hydrogen-bond donors (Lipinski definition) is 1. The van der Waals surface area contributed by atoms with Crippen LogP contribution in [0.2, 0.25) is 0 Å². The van der Waals surface area contributed by atoms with Gasteiger partial charge in [0.25, 0.3) is 5.91 Å². The topological polar surface area (TPSA) is 53.7 Å². The highest BCUT2D eigenvalue weighted by atomic mass is 16.3. The van der Waals surface area contributed by atoms with Crippen LogP contribution >= 0.6 is 0 Å². The van der Waals surface area contributed by atoms with Crippen molar-refractivity contribution in [2.75, 3.05) is 13.1 Å². The third-order valence-electron chi connectivity index (χ3n) is 4.45. The smallest absolute Gasteiger partial charge is 0.289 e. The van der Waals surface area contributed by atoms with Gasteiger partial charge in [-0.15, -0.1) is 0 Å². The van der Waals surface area contributed by atoms with E-state index in [4.69, 9.17) is 4.42 Å². The molecule has 2 atom stereocenters. The number of hydrogen-bond acceptors (Lipinski definition) is 3. The van der Waals surface area contributed by atoms with E-state index in [-0.39, 0.29) is 11.8 Å². The van der Waals surface area contributed by atoms with Crippen molar-refractivity contribution >= 4 is 5.91 Å². The van der Waals surface area contributed by atoms with Gasteiger partial charge in [-0.05, 0) is 31.4 Å². The second kappa shape index (κ2) is 4.43. The zero-order valence-corrected chi connectivity index (χ0v) is 10.5. The van der Waals surface area contributed by atoms with Gasteiger partial charge in [-0.3, -0.25) is 4.79 Å². The largest absolute Gasteiger partial charge is 0.459 e. The molecule has 3 rings (SSSR count). The van der Waals surface area contributed by atoms with Crippen LogP contribution in [0.3, 0.4) is 0 Å². The summed E-state index contributed by atoms with van der Waals surface area (Å²) in [5, 5.41) is 10.6. The Morgan fingerprint density at radius 2 is 2.33 bits per heavy atom. The molecular formula is C14H19NO3. The van der Waals surface area contributed by atoms with Crippen molar-refractivity contribution < 1.29 is 14.3 Å². The van der Waals surface area contributed by atoms with Gasteiger partial charge in [-0.1, -0.05) is 12.8 Å². The minimum absolute atomic E-state index is 0.0485. The average molecular weight is 249 g/mol. The molecule has 4 nitrogen and oxygen atoms in total. The van der Waals surface area contributed by atoms with E-state index < -0.39 is 5.60 Å². The average Bonchev–Trinajstić information content (AvgIpc) is 2.90.